The van der Waals surface area contributed by atoms with Crippen LogP contribution in [-0.4, -0.2) is 37.1 Å². The number of carbonyl (C=O) groups is 2. The Bertz CT molecular complexity index is 1150. The Morgan fingerprint density at radius 2 is 1.66 bits per heavy atom. The highest BCUT2D eigenvalue weighted by Gasteiger charge is 2.27. The normalized spacial score (nSPS) is 13.4. The summed E-state index contributed by atoms with van der Waals surface area (Å²) in [6, 6.07) is 15.4. The van der Waals surface area contributed by atoms with E-state index in [1.54, 1.807) is 62.0 Å². The van der Waals surface area contributed by atoms with Crippen LogP contribution in [0.25, 0.3) is 0 Å². The fourth-order valence-corrected chi connectivity index (χ4v) is 3.78. The number of aromatic nitrogens is 1. The molecule has 0 aliphatic heterocycles. The molecule has 0 spiro atoms. The molecule has 0 radical (unpaired) electrons. The molecule has 0 saturated heterocycles. The van der Waals surface area contributed by atoms with E-state index in [1.807, 2.05) is 12.1 Å². The predicted octanol–water partition coefficient (Wildman–Crippen LogP) is 4.77. The van der Waals surface area contributed by atoms with Crippen LogP contribution < -0.4 is 25.4 Å². The first-order valence-corrected chi connectivity index (χ1v) is 11.7. The lowest BCUT2D eigenvalue weighted by molar-refractivity contribution is -0.118. The lowest BCUT2D eigenvalue weighted by Crippen LogP contribution is -2.44. The van der Waals surface area contributed by atoms with Gasteiger partial charge in [0.05, 0.1) is 19.8 Å². The third-order valence-corrected chi connectivity index (χ3v) is 5.96. The standard InChI is InChI=1S/C27H30N4O4/c1-34-22-9-6-19(7-10-22)30-27(33)24(12-5-18-3-4-18)31-26(32)23-11-8-21(17-25(23)35-2)29-20-13-15-28-16-14-20/h6-11,13-18,24H,3-5,12H2,1-2H3,(H,28,29)(H,30,33)(H,31,32). The molecule has 1 unspecified atom stereocenters. The molecule has 0 bridgehead atoms. The van der Waals surface area contributed by atoms with Gasteiger partial charge in [-0.05, 0) is 67.3 Å². The summed E-state index contributed by atoms with van der Waals surface area (Å²) in [7, 11) is 3.11. The van der Waals surface area contributed by atoms with Crippen molar-refractivity contribution in [2.24, 2.45) is 5.92 Å². The highest BCUT2D eigenvalue weighted by atomic mass is 16.5. The van der Waals surface area contributed by atoms with Crippen molar-refractivity contribution in [3.05, 3.63) is 72.6 Å². The zero-order valence-electron chi connectivity index (χ0n) is 19.9. The second-order valence-corrected chi connectivity index (χ2v) is 8.54. The van der Waals surface area contributed by atoms with Gasteiger partial charge >= 0.3 is 0 Å². The summed E-state index contributed by atoms with van der Waals surface area (Å²) in [5.74, 6) is 1.15. The molecule has 4 rings (SSSR count). The molecule has 1 aromatic heterocycles. The van der Waals surface area contributed by atoms with Crippen LogP contribution >= 0.6 is 0 Å². The Morgan fingerprint density at radius 1 is 0.943 bits per heavy atom. The zero-order valence-corrected chi connectivity index (χ0v) is 19.9. The highest BCUT2D eigenvalue weighted by molar-refractivity contribution is 6.02. The molecule has 3 N–H and O–H groups in total. The van der Waals surface area contributed by atoms with Crippen molar-refractivity contribution in [2.45, 2.75) is 31.7 Å². The third kappa shape index (κ3) is 6.72. The fraction of sp³-hybridized carbons (Fsp3) is 0.296. The van der Waals surface area contributed by atoms with Crippen LogP contribution in [0.3, 0.4) is 0 Å². The van der Waals surface area contributed by atoms with Crippen molar-refractivity contribution in [1.82, 2.24) is 10.3 Å². The number of amides is 2. The topological polar surface area (TPSA) is 102 Å². The summed E-state index contributed by atoms with van der Waals surface area (Å²) in [6.45, 7) is 0. The van der Waals surface area contributed by atoms with Crippen LogP contribution in [0.5, 0.6) is 11.5 Å². The van der Waals surface area contributed by atoms with E-state index in [-0.39, 0.29) is 11.8 Å². The number of methoxy groups -OCH3 is 2. The van der Waals surface area contributed by atoms with Crippen LogP contribution in [0.2, 0.25) is 0 Å². The smallest absolute Gasteiger partial charge is 0.255 e. The summed E-state index contributed by atoms with van der Waals surface area (Å²) in [6.07, 6.45) is 7.22. The number of ether oxygens (including phenoxy) is 2. The van der Waals surface area contributed by atoms with Gasteiger partial charge in [0.25, 0.3) is 5.91 Å². The summed E-state index contributed by atoms with van der Waals surface area (Å²) in [4.78, 5) is 30.3. The SMILES string of the molecule is COc1ccc(NC(=O)C(CCC2CC2)NC(=O)c2ccc(Nc3ccncc3)cc2OC)cc1. The van der Waals surface area contributed by atoms with Gasteiger partial charge in [-0.3, -0.25) is 14.6 Å². The van der Waals surface area contributed by atoms with E-state index in [9.17, 15) is 9.59 Å². The first kappa shape index (κ1) is 24.1. The van der Waals surface area contributed by atoms with Crippen LogP contribution in [0.4, 0.5) is 17.1 Å². The van der Waals surface area contributed by atoms with Crippen molar-refractivity contribution in [2.75, 3.05) is 24.9 Å². The molecule has 8 heteroatoms. The number of carbonyl (C=O) groups excluding carboxylic acids is 2. The number of pyridine rings is 1. The number of nitrogens with zero attached hydrogens (tertiary/aromatic N) is 1. The van der Waals surface area contributed by atoms with Crippen LogP contribution in [0.15, 0.2) is 67.0 Å². The number of hydrogen-bond donors (Lipinski definition) is 3. The van der Waals surface area contributed by atoms with E-state index in [4.69, 9.17) is 9.47 Å². The fourth-order valence-electron chi connectivity index (χ4n) is 3.78. The molecule has 3 aromatic rings. The molecule has 35 heavy (non-hydrogen) atoms. The second kappa shape index (κ2) is 11.4. The van der Waals surface area contributed by atoms with Crippen LogP contribution in [0.1, 0.15) is 36.0 Å². The van der Waals surface area contributed by atoms with Crippen molar-refractivity contribution >= 4 is 28.9 Å². The molecule has 8 nitrogen and oxygen atoms in total. The molecular weight excluding hydrogens is 444 g/mol. The van der Waals surface area contributed by atoms with Crippen molar-refractivity contribution in [1.29, 1.82) is 0 Å². The third-order valence-electron chi connectivity index (χ3n) is 5.96. The van der Waals surface area contributed by atoms with Crippen LogP contribution in [0, 0.1) is 5.92 Å². The summed E-state index contributed by atoms with van der Waals surface area (Å²) < 4.78 is 10.7. The molecule has 2 aromatic carbocycles. The molecule has 1 aliphatic carbocycles. The number of benzene rings is 2. The lowest BCUT2D eigenvalue weighted by Gasteiger charge is -2.20. The minimum Gasteiger partial charge on any atom is -0.497 e. The van der Waals surface area contributed by atoms with Gasteiger partial charge in [0.2, 0.25) is 5.91 Å². The number of anilines is 3. The average molecular weight is 475 g/mol. The second-order valence-electron chi connectivity index (χ2n) is 8.54. The van der Waals surface area contributed by atoms with Gasteiger partial charge in [0.1, 0.15) is 17.5 Å². The first-order valence-electron chi connectivity index (χ1n) is 11.7. The van der Waals surface area contributed by atoms with Gasteiger partial charge in [0, 0.05) is 35.5 Å². The number of hydrogen-bond acceptors (Lipinski definition) is 6. The summed E-state index contributed by atoms with van der Waals surface area (Å²) in [5, 5.41) is 9.08. The van der Waals surface area contributed by atoms with Gasteiger partial charge in [-0.15, -0.1) is 0 Å². The van der Waals surface area contributed by atoms with E-state index in [1.165, 1.54) is 20.0 Å². The zero-order chi connectivity index (χ0) is 24.6. The van der Waals surface area contributed by atoms with E-state index in [2.05, 4.69) is 20.9 Å². The van der Waals surface area contributed by atoms with Crippen molar-refractivity contribution in [3.8, 4) is 11.5 Å². The molecular formula is C27H30N4O4. The molecule has 1 aliphatic rings. The Balaban J connectivity index is 1.46. The van der Waals surface area contributed by atoms with Gasteiger partial charge in [-0.1, -0.05) is 12.8 Å². The summed E-state index contributed by atoms with van der Waals surface area (Å²) >= 11 is 0. The van der Waals surface area contributed by atoms with Crippen molar-refractivity contribution < 1.29 is 19.1 Å². The van der Waals surface area contributed by atoms with E-state index < -0.39 is 6.04 Å². The van der Waals surface area contributed by atoms with Gasteiger partial charge in [0.15, 0.2) is 0 Å². The molecule has 1 saturated carbocycles. The van der Waals surface area contributed by atoms with Gasteiger partial charge < -0.3 is 25.4 Å². The maximum atomic E-state index is 13.2. The quantitative estimate of drug-likeness (QED) is 0.370. The molecule has 1 heterocycles. The van der Waals surface area contributed by atoms with E-state index in [0.29, 0.717) is 35.1 Å². The largest absolute Gasteiger partial charge is 0.497 e. The Morgan fingerprint density at radius 3 is 2.31 bits per heavy atom. The van der Waals surface area contributed by atoms with E-state index in [0.717, 1.165) is 17.8 Å². The monoisotopic (exact) mass is 474 g/mol. The minimum atomic E-state index is -0.662. The van der Waals surface area contributed by atoms with Crippen molar-refractivity contribution in [3.63, 3.8) is 0 Å². The number of nitrogens with one attached hydrogen (secondary N) is 3. The first-order chi connectivity index (χ1) is 17.1. The average Bonchev–Trinajstić information content (AvgIpc) is 3.72. The molecule has 1 atom stereocenters. The Hall–Kier alpha value is -4.07. The lowest BCUT2D eigenvalue weighted by atomic mass is 10.1. The predicted molar refractivity (Wildman–Crippen MR) is 135 cm³/mol. The summed E-state index contributed by atoms with van der Waals surface area (Å²) in [5.41, 5.74) is 2.65. The maximum absolute atomic E-state index is 13.2. The molecule has 182 valence electrons. The number of rotatable bonds is 11. The molecule has 2 amide bonds. The minimum absolute atomic E-state index is 0.251. The van der Waals surface area contributed by atoms with E-state index >= 15 is 0 Å². The van der Waals surface area contributed by atoms with Gasteiger partial charge in [-0.25, -0.2) is 0 Å². The van der Waals surface area contributed by atoms with Crippen LogP contribution in [-0.2, 0) is 4.79 Å². The van der Waals surface area contributed by atoms with Gasteiger partial charge in [-0.2, -0.15) is 0 Å². The maximum Gasteiger partial charge on any atom is 0.255 e. The Labute approximate surface area is 205 Å². The highest BCUT2D eigenvalue weighted by Crippen LogP contribution is 2.34. The Kier molecular flexibility index (Phi) is 7.82. The molecule has 1 fully saturated rings.